The fourth-order valence-corrected chi connectivity index (χ4v) is 2.36. The Morgan fingerprint density at radius 1 is 1.17 bits per heavy atom. The highest BCUT2D eigenvalue weighted by Crippen LogP contribution is 2.12. The first-order valence-corrected chi connectivity index (χ1v) is 7.52. The van der Waals surface area contributed by atoms with Crippen LogP contribution < -0.4 is 4.74 Å². The number of para-hydroxylation sites is 1. The first-order valence-electron chi connectivity index (χ1n) is 7.52. The van der Waals surface area contributed by atoms with Crippen LogP contribution in [0.25, 0.3) is 5.69 Å². The smallest absolute Gasteiger partial charge is 0.255 e. The molecule has 6 nitrogen and oxygen atoms in total. The zero-order valence-electron chi connectivity index (χ0n) is 13.6. The van der Waals surface area contributed by atoms with Crippen LogP contribution in [-0.2, 0) is 6.54 Å². The third kappa shape index (κ3) is 3.43. The van der Waals surface area contributed by atoms with Crippen LogP contribution >= 0.6 is 0 Å². The fraction of sp³-hybridized carbons (Fsp3) is 0.167. The Labute approximate surface area is 140 Å². The van der Waals surface area contributed by atoms with Gasteiger partial charge in [0.25, 0.3) is 5.91 Å². The number of methoxy groups -OCH3 is 1. The van der Waals surface area contributed by atoms with Crippen molar-refractivity contribution >= 4 is 5.91 Å². The monoisotopic (exact) mass is 322 g/mol. The van der Waals surface area contributed by atoms with Crippen LogP contribution in [0.3, 0.4) is 0 Å². The van der Waals surface area contributed by atoms with E-state index in [0.717, 1.165) is 11.3 Å². The Morgan fingerprint density at radius 3 is 2.62 bits per heavy atom. The molecule has 0 spiro atoms. The number of nitrogens with zero attached hydrogens (tertiary/aromatic N) is 4. The summed E-state index contributed by atoms with van der Waals surface area (Å²) in [6, 6.07) is 13.2. The van der Waals surface area contributed by atoms with E-state index in [1.54, 1.807) is 42.1 Å². The maximum Gasteiger partial charge on any atom is 0.255 e. The molecule has 0 saturated heterocycles. The van der Waals surface area contributed by atoms with Crippen molar-refractivity contribution in [2.24, 2.45) is 0 Å². The predicted octanol–water partition coefficient (Wildman–Crippen LogP) is 2.55. The molecule has 0 atom stereocenters. The Balaban J connectivity index is 1.69. The molecule has 1 amide bonds. The van der Waals surface area contributed by atoms with Crippen molar-refractivity contribution in [3.8, 4) is 11.6 Å². The first kappa shape index (κ1) is 15.7. The number of ether oxygens (including phenoxy) is 1. The van der Waals surface area contributed by atoms with Crippen LogP contribution in [-0.4, -0.2) is 39.7 Å². The van der Waals surface area contributed by atoms with Gasteiger partial charge >= 0.3 is 0 Å². The highest BCUT2D eigenvalue weighted by atomic mass is 16.5. The first-order chi connectivity index (χ1) is 11.7. The Bertz CT molecular complexity index is 813. The third-order valence-corrected chi connectivity index (χ3v) is 3.62. The summed E-state index contributed by atoms with van der Waals surface area (Å²) in [4.78, 5) is 18.1. The number of amides is 1. The van der Waals surface area contributed by atoms with Crippen molar-refractivity contribution in [1.82, 2.24) is 19.7 Å². The van der Waals surface area contributed by atoms with Gasteiger partial charge in [-0.1, -0.05) is 18.2 Å². The molecule has 0 fully saturated rings. The van der Waals surface area contributed by atoms with Gasteiger partial charge in [0.1, 0.15) is 0 Å². The number of aromatic nitrogens is 3. The molecule has 0 aliphatic carbocycles. The normalized spacial score (nSPS) is 10.4. The Morgan fingerprint density at radius 2 is 1.96 bits per heavy atom. The highest BCUT2D eigenvalue weighted by Gasteiger charge is 2.13. The van der Waals surface area contributed by atoms with Crippen molar-refractivity contribution < 1.29 is 9.53 Å². The molecule has 0 aliphatic heterocycles. The minimum atomic E-state index is -0.0994. The van der Waals surface area contributed by atoms with Crippen LogP contribution in [0.1, 0.15) is 15.9 Å². The summed E-state index contributed by atoms with van der Waals surface area (Å²) >= 11 is 0. The van der Waals surface area contributed by atoms with E-state index in [4.69, 9.17) is 4.74 Å². The number of pyridine rings is 1. The molecule has 0 radical (unpaired) electrons. The fourth-order valence-electron chi connectivity index (χ4n) is 2.36. The summed E-state index contributed by atoms with van der Waals surface area (Å²) < 4.78 is 6.80. The standard InChI is InChI=1S/C18H18N4O2/c1-21(18(23)15-8-9-17(24-2)19-11-15)12-14-10-20-22(13-14)16-6-4-3-5-7-16/h3-11,13H,12H2,1-2H3. The van der Waals surface area contributed by atoms with Crippen molar-refractivity contribution in [1.29, 1.82) is 0 Å². The minimum absolute atomic E-state index is 0.0994. The Kier molecular flexibility index (Phi) is 4.56. The van der Waals surface area contributed by atoms with Crippen LogP contribution in [0.2, 0.25) is 0 Å². The highest BCUT2D eigenvalue weighted by molar-refractivity contribution is 5.93. The van der Waals surface area contributed by atoms with Gasteiger partial charge in [0.15, 0.2) is 0 Å². The number of hydrogen-bond donors (Lipinski definition) is 0. The number of rotatable bonds is 5. The molecule has 3 aromatic rings. The molecule has 2 aromatic heterocycles. The number of hydrogen-bond acceptors (Lipinski definition) is 4. The summed E-state index contributed by atoms with van der Waals surface area (Å²) in [5.41, 5.74) is 2.46. The maximum absolute atomic E-state index is 12.4. The van der Waals surface area contributed by atoms with Gasteiger partial charge < -0.3 is 9.64 Å². The third-order valence-electron chi connectivity index (χ3n) is 3.62. The maximum atomic E-state index is 12.4. The van der Waals surface area contributed by atoms with E-state index in [2.05, 4.69) is 10.1 Å². The largest absolute Gasteiger partial charge is 0.481 e. The van der Waals surface area contributed by atoms with Gasteiger partial charge in [0.2, 0.25) is 5.88 Å². The van der Waals surface area contributed by atoms with Crippen molar-refractivity contribution in [2.45, 2.75) is 6.54 Å². The van der Waals surface area contributed by atoms with Crippen molar-refractivity contribution in [3.05, 3.63) is 72.2 Å². The number of benzene rings is 1. The quantitative estimate of drug-likeness (QED) is 0.724. The molecule has 6 heteroatoms. The lowest BCUT2D eigenvalue weighted by molar-refractivity contribution is 0.0784. The van der Waals surface area contributed by atoms with E-state index in [0.29, 0.717) is 18.0 Å². The zero-order chi connectivity index (χ0) is 16.9. The summed E-state index contributed by atoms with van der Waals surface area (Å²) in [7, 11) is 3.30. The summed E-state index contributed by atoms with van der Waals surface area (Å²) in [5, 5.41) is 4.34. The Hall–Kier alpha value is -3.15. The molecule has 0 N–H and O–H groups in total. The average molecular weight is 322 g/mol. The molecule has 0 saturated carbocycles. The van der Waals surface area contributed by atoms with Gasteiger partial charge in [-0.2, -0.15) is 5.10 Å². The zero-order valence-corrected chi connectivity index (χ0v) is 13.6. The lowest BCUT2D eigenvalue weighted by Gasteiger charge is -2.16. The van der Waals surface area contributed by atoms with Crippen molar-refractivity contribution in [2.75, 3.05) is 14.2 Å². The molecule has 2 heterocycles. The van der Waals surface area contributed by atoms with Gasteiger partial charge in [-0.3, -0.25) is 4.79 Å². The molecule has 24 heavy (non-hydrogen) atoms. The summed E-state index contributed by atoms with van der Waals surface area (Å²) in [5.74, 6) is 0.385. The molecule has 122 valence electrons. The van der Waals surface area contributed by atoms with Gasteiger partial charge in [0, 0.05) is 37.6 Å². The second-order valence-corrected chi connectivity index (χ2v) is 5.38. The van der Waals surface area contributed by atoms with Gasteiger partial charge in [-0.05, 0) is 18.2 Å². The van der Waals surface area contributed by atoms with Crippen LogP contribution in [0.5, 0.6) is 5.88 Å². The van der Waals surface area contributed by atoms with E-state index < -0.39 is 0 Å². The van der Waals surface area contributed by atoms with Crippen LogP contribution in [0.15, 0.2) is 61.1 Å². The topological polar surface area (TPSA) is 60.2 Å². The molecule has 0 aliphatic rings. The predicted molar refractivity (Wildman–Crippen MR) is 90.2 cm³/mol. The van der Waals surface area contributed by atoms with E-state index >= 15 is 0 Å². The molecular formula is C18H18N4O2. The molecule has 3 rings (SSSR count). The number of carbonyl (C=O) groups excluding carboxylic acids is 1. The van der Waals surface area contributed by atoms with Crippen LogP contribution in [0.4, 0.5) is 0 Å². The lowest BCUT2D eigenvalue weighted by atomic mass is 10.2. The van der Waals surface area contributed by atoms with E-state index in [1.165, 1.54) is 6.20 Å². The van der Waals surface area contributed by atoms with Crippen molar-refractivity contribution in [3.63, 3.8) is 0 Å². The molecule has 1 aromatic carbocycles. The second-order valence-electron chi connectivity index (χ2n) is 5.38. The van der Waals surface area contributed by atoms with Crippen LogP contribution in [0, 0.1) is 0 Å². The van der Waals surface area contributed by atoms with Gasteiger partial charge in [-0.25, -0.2) is 9.67 Å². The molecule has 0 bridgehead atoms. The second kappa shape index (κ2) is 6.95. The van der Waals surface area contributed by atoms with E-state index in [9.17, 15) is 4.79 Å². The molecule has 0 unspecified atom stereocenters. The SMILES string of the molecule is COc1ccc(C(=O)N(C)Cc2cnn(-c3ccccc3)c2)cn1. The van der Waals surface area contributed by atoms with E-state index in [1.807, 2.05) is 36.5 Å². The van der Waals surface area contributed by atoms with E-state index in [-0.39, 0.29) is 5.91 Å². The number of carbonyl (C=O) groups is 1. The lowest BCUT2D eigenvalue weighted by Crippen LogP contribution is -2.26. The van der Waals surface area contributed by atoms with Gasteiger partial charge in [-0.15, -0.1) is 0 Å². The minimum Gasteiger partial charge on any atom is -0.481 e. The molecular weight excluding hydrogens is 304 g/mol. The average Bonchev–Trinajstić information content (AvgIpc) is 3.10. The summed E-state index contributed by atoms with van der Waals surface area (Å²) in [6.45, 7) is 0.470. The summed E-state index contributed by atoms with van der Waals surface area (Å²) in [6.07, 6.45) is 5.21. The van der Waals surface area contributed by atoms with Gasteiger partial charge in [0.05, 0.1) is 24.6 Å².